The van der Waals surface area contributed by atoms with E-state index < -0.39 is 0 Å². The first kappa shape index (κ1) is 16.9. The average Bonchev–Trinajstić information content (AvgIpc) is 3.10. The summed E-state index contributed by atoms with van der Waals surface area (Å²) in [6.07, 6.45) is 9.39. The molecule has 1 fully saturated rings. The van der Waals surface area contributed by atoms with E-state index in [1.54, 1.807) is 11.3 Å². The van der Waals surface area contributed by atoms with E-state index in [1.165, 1.54) is 19.3 Å². The molecule has 3 heterocycles. The maximum absolute atomic E-state index is 12.2. The van der Waals surface area contributed by atoms with Crippen molar-refractivity contribution < 1.29 is 9.53 Å². The van der Waals surface area contributed by atoms with Crippen molar-refractivity contribution in [1.82, 2.24) is 4.98 Å². The molecular weight excluding hydrogens is 346 g/mol. The predicted molar refractivity (Wildman–Crippen MR) is 104 cm³/mol. The van der Waals surface area contributed by atoms with Gasteiger partial charge >= 0.3 is 0 Å². The van der Waals surface area contributed by atoms with Gasteiger partial charge in [-0.2, -0.15) is 0 Å². The molecule has 0 bridgehead atoms. The molecule has 2 aliphatic rings. The minimum atomic E-state index is 0.00387. The zero-order valence-electron chi connectivity index (χ0n) is 14.5. The highest BCUT2D eigenvalue weighted by molar-refractivity contribution is 7.16. The molecule has 26 heavy (non-hydrogen) atoms. The van der Waals surface area contributed by atoms with Gasteiger partial charge in [0.1, 0.15) is 18.2 Å². The summed E-state index contributed by atoms with van der Waals surface area (Å²) in [6.45, 7) is 2.32. The summed E-state index contributed by atoms with van der Waals surface area (Å²) in [6, 6.07) is 7.84. The summed E-state index contributed by atoms with van der Waals surface area (Å²) < 4.78 is 5.54. The third-order valence-corrected chi connectivity index (χ3v) is 6.04. The number of carbonyl (C=O) groups is 1. The normalized spacial score (nSPS) is 19.4. The zero-order valence-corrected chi connectivity index (χ0v) is 15.3. The van der Waals surface area contributed by atoms with Crippen molar-refractivity contribution in [1.29, 1.82) is 0 Å². The van der Waals surface area contributed by atoms with Gasteiger partial charge in [0, 0.05) is 25.4 Å². The van der Waals surface area contributed by atoms with E-state index in [4.69, 9.17) is 16.1 Å². The molecule has 4 rings (SSSR count). The number of amides is 1. The van der Waals surface area contributed by atoms with Crippen molar-refractivity contribution >= 4 is 28.2 Å². The number of aromatic nitrogens is 1. The summed E-state index contributed by atoms with van der Waals surface area (Å²) in [4.78, 5) is 20.4. The molecule has 1 saturated heterocycles. The van der Waals surface area contributed by atoms with Gasteiger partial charge in [-0.3, -0.25) is 4.79 Å². The first-order valence-corrected chi connectivity index (χ1v) is 9.78. The van der Waals surface area contributed by atoms with Crippen LogP contribution in [0.25, 0.3) is 0 Å². The number of benzene rings is 1. The number of anilines is 2. The van der Waals surface area contributed by atoms with Crippen LogP contribution < -0.4 is 15.0 Å². The lowest BCUT2D eigenvalue weighted by atomic mass is 9.91. The Morgan fingerprint density at radius 3 is 3.00 bits per heavy atom. The van der Waals surface area contributed by atoms with E-state index in [2.05, 4.69) is 16.1 Å². The fourth-order valence-corrected chi connectivity index (χ4v) is 4.74. The third kappa shape index (κ3) is 3.40. The van der Waals surface area contributed by atoms with Crippen LogP contribution >= 0.6 is 11.3 Å². The van der Waals surface area contributed by atoms with Crippen molar-refractivity contribution in [2.45, 2.75) is 31.6 Å². The van der Waals surface area contributed by atoms with Gasteiger partial charge in [-0.05, 0) is 37.0 Å². The second-order valence-corrected chi connectivity index (χ2v) is 7.64. The number of carbonyl (C=O) groups excluding carboxylic acids is 1. The summed E-state index contributed by atoms with van der Waals surface area (Å²) >= 11 is 1.70. The minimum absolute atomic E-state index is 0.00387. The van der Waals surface area contributed by atoms with Crippen LogP contribution in [0.2, 0.25) is 0 Å². The van der Waals surface area contributed by atoms with Crippen LogP contribution in [0.4, 0.5) is 10.9 Å². The molecule has 134 valence electrons. The first-order valence-electron chi connectivity index (χ1n) is 8.96. The summed E-state index contributed by atoms with van der Waals surface area (Å²) in [5, 5.41) is 3.96. The third-order valence-electron chi connectivity index (χ3n) is 4.82. The molecule has 0 aliphatic carbocycles. The molecule has 0 saturated carbocycles. The topological polar surface area (TPSA) is 54.5 Å². The fourth-order valence-electron chi connectivity index (χ4n) is 3.54. The Balaban J connectivity index is 1.65. The molecule has 5 nitrogen and oxygen atoms in total. The largest absolute Gasteiger partial charge is 0.481 e. The van der Waals surface area contributed by atoms with E-state index in [-0.39, 0.29) is 18.4 Å². The van der Waals surface area contributed by atoms with Gasteiger partial charge in [0.05, 0.1) is 4.88 Å². The monoisotopic (exact) mass is 367 g/mol. The Morgan fingerprint density at radius 1 is 1.35 bits per heavy atom. The number of rotatable bonds is 4. The first-order chi connectivity index (χ1) is 12.7. The molecule has 2 aromatic rings. The van der Waals surface area contributed by atoms with Crippen LogP contribution in [0.3, 0.4) is 0 Å². The van der Waals surface area contributed by atoms with Crippen molar-refractivity contribution in [3.05, 3.63) is 34.7 Å². The minimum Gasteiger partial charge on any atom is -0.481 e. The van der Waals surface area contributed by atoms with Crippen molar-refractivity contribution in [2.24, 2.45) is 0 Å². The number of thiazole rings is 1. The van der Waals surface area contributed by atoms with Gasteiger partial charge in [0.2, 0.25) is 5.91 Å². The molecule has 1 aromatic heterocycles. The van der Waals surface area contributed by atoms with Gasteiger partial charge in [-0.15, -0.1) is 6.42 Å². The maximum Gasteiger partial charge on any atom is 0.226 e. The maximum atomic E-state index is 12.2. The predicted octanol–water partition coefficient (Wildman–Crippen LogP) is 3.62. The van der Waals surface area contributed by atoms with Gasteiger partial charge in [0.15, 0.2) is 5.13 Å². The van der Waals surface area contributed by atoms with Crippen LogP contribution in [-0.2, 0) is 4.79 Å². The molecule has 2 aliphatic heterocycles. The molecule has 6 heteroatoms. The van der Waals surface area contributed by atoms with E-state index in [9.17, 15) is 4.79 Å². The zero-order chi connectivity index (χ0) is 17.9. The lowest BCUT2D eigenvalue weighted by molar-refractivity contribution is -0.116. The average molecular weight is 367 g/mol. The van der Waals surface area contributed by atoms with Crippen molar-refractivity contribution in [2.75, 3.05) is 29.9 Å². The van der Waals surface area contributed by atoms with E-state index in [1.807, 2.05) is 24.3 Å². The van der Waals surface area contributed by atoms with Gasteiger partial charge in [-0.25, -0.2) is 4.98 Å². The summed E-state index contributed by atoms with van der Waals surface area (Å²) in [7, 11) is 0. The molecule has 1 N–H and O–H groups in total. The van der Waals surface area contributed by atoms with Crippen molar-refractivity contribution in [3.63, 3.8) is 0 Å². The highest BCUT2D eigenvalue weighted by Gasteiger charge is 2.31. The highest BCUT2D eigenvalue weighted by atomic mass is 32.1. The highest BCUT2D eigenvalue weighted by Crippen LogP contribution is 2.44. The van der Waals surface area contributed by atoms with Crippen LogP contribution in [0.15, 0.2) is 24.3 Å². The number of terminal acetylenes is 1. The Kier molecular flexibility index (Phi) is 4.81. The second kappa shape index (κ2) is 7.38. The lowest BCUT2D eigenvalue weighted by Crippen LogP contribution is -2.29. The number of nitrogens with zero attached hydrogens (tertiary/aromatic N) is 2. The van der Waals surface area contributed by atoms with Crippen LogP contribution in [-0.4, -0.2) is 30.6 Å². The van der Waals surface area contributed by atoms with Crippen LogP contribution in [0.5, 0.6) is 5.75 Å². The second-order valence-electron chi connectivity index (χ2n) is 6.63. The number of ether oxygens (including phenoxy) is 1. The summed E-state index contributed by atoms with van der Waals surface area (Å²) in [5.74, 6) is 3.93. The number of fused-ring (bicyclic) bond motifs is 1. The van der Waals surface area contributed by atoms with Gasteiger partial charge in [0.25, 0.3) is 0 Å². The molecule has 1 amide bonds. The molecule has 0 unspecified atom stereocenters. The summed E-state index contributed by atoms with van der Waals surface area (Å²) in [5.41, 5.74) is 1.06. The number of hydrogen-bond acceptors (Lipinski definition) is 5. The van der Waals surface area contributed by atoms with Gasteiger partial charge in [-0.1, -0.05) is 29.4 Å². The van der Waals surface area contributed by atoms with E-state index in [0.717, 1.165) is 34.4 Å². The Bertz CT molecular complexity index is 849. The van der Waals surface area contributed by atoms with Crippen LogP contribution in [0.1, 0.15) is 42.0 Å². The lowest BCUT2D eigenvalue weighted by Gasteiger charge is -2.25. The van der Waals surface area contributed by atoms with Gasteiger partial charge < -0.3 is 15.0 Å². The smallest absolute Gasteiger partial charge is 0.226 e. The number of nitrogens with one attached hydrogen (secondary N) is 1. The number of hydrogen-bond donors (Lipinski definition) is 1. The van der Waals surface area contributed by atoms with Crippen LogP contribution in [0, 0.1) is 12.3 Å². The van der Waals surface area contributed by atoms with Crippen molar-refractivity contribution in [3.8, 4) is 18.1 Å². The molecule has 0 radical (unpaired) electrons. The van der Waals surface area contributed by atoms with E-state index in [0.29, 0.717) is 12.2 Å². The standard InChI is InChI=1S/C20H21N3O2S/c1-2-11-25-15-8-6-7-14(12-15)16-13-17(24)21-19-18(16)26-20(22-19)23-9-4-3-5-10-23/h1,6-8,12,16H,3-5,9-11,13H2,(H,21,24)/t16-/m1/s1. The Hall–Kier alpha value is -2.52. The Labute approximate surface area is 157 Å². The van der Waals surface area contributed by atoms with E-state index >= 15 is 0 Å². The molecular formula is C20H21N3O2S. The molecule has 1 atom stereocenters. The number of piperidine rings is 1. The Morgan fingerprint density at radius 2 is 2.19 bits per heavy atom. The molecule has 1 aromatic carbocycles. The fraction of sp³-hybridized carbons (Fsp3) is 0.400. The molecule has 0 spiro atoms. The SMILES string of the molecule is C#CCOc1cccc([C@H]2CC(=O)Nc3nc(N4CCCCC4)sc32)c1. The quantitative estimate of drug-likeness (QED) is 0.839.